The molecular formula is C15H21ClN2O2. The molecule has 2 aliphatic heterocycles. The first-order valence-corrected chi connectivity index (χ1v) is 7.57. The summed E-state index contributed by atoms with van der Waals surface area (Å²) >= 11 is 6.18. The summed E-state index contributed by atoms with van der Waals surface area (Å²) in [5.74, 6) is 2.22. The third kappa shape index (κ3) is 3.19. The quantitative estimate of drug-likeness (QED) is 0.926. The van der Waals surface area contributed by atoms with Crippen molar-refractivity contribution in [2.45, 2.75) is 19.4 Å². The smallest absolute Gasteiger partial charge is 0.231 e. The molecule has 0 radical (unpaired) electrons. The van der Waals surface area contributed by atoms with Crippen molar-refractivity contribution in [3.63, 3.8) is 0 Å². The van der Waals surface area contributed by atoms with Gasteiger partial charge >= 0.3 is 0 Å². The molecule has 0 saturated carbocycles. The van der Waals surface area contributed by atoms with Crippen LogP contribution in [0.15, 0.2) is 12.1 Å². The molecule has 2 aliphatic rings. The Labute approximate surface area is 125 Å². The van der Waals surface area contributed by atoms with E-state index in [2.05, 4.69) is 17.3 Å². The molecule has 2 heterocycles. The van der Waals surface area contributed by atoms with Gasteiger partial charge in [0.1, 0.15) is 0 Å². The van der Waals surface area contributed by atoms with Gasteiger partial charge in [0, 0.05) is 6.54 Å². The molecule has 1 saturated heterocycles. The van der Waals surface area contributed by atoms with E-state index in [-0.39, 0.29) is 6.79 Å². The van der Waals surface area contributed by atoms with E-state index in [9.17, 15) is 0 Å². The normalized spacial score (nSPS) is 19.5. The number of rotatable bonds is 4. The fraction of sp³-hybridized carbons (Fsp3) is 0.600. The lowest BCUT2D eigenvalue weighted by atomic mass is 9.97. The number of hydrogen-bond acceptors (Lipinski definition) is 4. The van der Waals surface area contributed by atoms with Crippen LogP contribution in [-0.4, -0.2) is 38.4 Å². The maximum Gasteiger partial charge on any atom is 0.231 e. The zero-order chi connectivity index (χ0) is 13.9. The molecule has 0 amide bonds. The van der Waals surface area contributed by atoms with Crippen molar-refractivity contribution in [2.24, 2.45) is 5.92 Å². The Morgan fingerprint density at radius 2 is 2.10 bits per heavy atom. The Morgan fingerprint density at radius 1 is 1.30 bits per heavy atom. The number of nitrogens with zero attached hydrogens (tertiary/aromatic N) is 1. The first-order valence-electron chi connectivity index (χ1n) is 7.19. The number of halogens is 1. The molecule has 1 aromatic carbocycles. The van der Waals surface area contributed by atoms with Gasteiger partial charge < -0.3 is 19.7 Å². The van der Waals surface area contributed by atoms with Gasteiger partial charge in [-0.15, -0.1) is 0 Å². The third-order valence-electron chi connectivity index (χ3n) is 4.09. The van der Waals surface area contributed by atoms with Crippen molar-refractivity contribution < 1.29 is 9.47 Å². The molecule has 0 atom stereocenters. The average Bonchev–Trinajstić information content (AvgIpc) is 2.90. The van der Waals surface area contributed by atoms with Crippen molar-refractivity contribution in [1.82, 2.24) is 10.2 Å². The molecule has 5 heteroatoms. The summed E-state index contributed by atoms with van der Waals surface area (Å²) < 4.78 is 10.7. The van der Waals surface area contributed by atoms with E-state index < -0.39 is 0 Å². The van der Waals surface area contributed by atoms with Gasteiger partial charge in [0.15, 0.2) is 11.5 Å². The van der Waals surface area contributed by atoms with Crippen LogP contribution in [0.2, 0.25) is 5.02 Å². The van der Waals surface area contributed by atoms with E-state index in [4.69, 9.17) is 21.1 Å². The van der Waals surface area contributed by atoms with Crippen LogP contribution in [0, 0.1) is 5.92 Å². The lowest BCUT2D eigenvalue weighted by Gasteiger charge is -2.29. The molecule has 0 aromatic heterocycles. The van der Waals surface area contributed by atoms with Crippen LogP contribution in [0.25, 0.3) is 0 Å². The van der Waals surface area contributed by atoms with E-state index >= 15 is 0 Å². The van der Waals surface area contributed by atoms with Gasteiger partial charge in [0.2, 0.25) is 6.79 Å². The standard InChI is InChI=1S/C15H21ClN2O2/c1-18-4-2-11(3-5-18)8-17-9-12-6-13(16)15-14(7-12)19-10-20-15/h6-7,11,17H,2-5,8-10H2,1H3. The summed E-state index contributed by atoms with van der Waals surface area (Å²) in [4.78, 5) is 2.40. The summed E-state index contributed by atoms with van der Waals surface area (Å²) in [5, 5.41) is 4.17. The highest BCUT2D eigenvalue weighted by Crippen LogP contribution is 2.39. The molecule has 0 aliphatic carbocycles. The summed E-state index contributed by atoms with van der Waals surface area (Å²) in [5.41, 5.74) is 1.15. The van der Waals surface area contributed by atoms with Crippen LogP contribution in [-0.2, 0) is 6.54 Å². The number of fused-ring (bicyclic) bond motifs is 1. The van der Waals surface area contributed by atoms with Gasteiger partial charge in [-0.2, -0.15) is 0 Å². The van der Waals surface area contributed by atoms with Gasteiger partial charge in [-0.1, -0.05) is 11.6 Å². The van der Waals surface area contributed by atoms with E-state index in [1.807, 2.05) is 12.1 Å². The van der Waals surface area contributed by atoms with Crippen molar-refractivity contribution in [3.8, 4) is 11.5 Å². The van der Waals surface area contributed by atoms with Crippen molar-refractivity contribution in [3.05, 3.63) is 22.7 Å². The monoisotopic (exact) mass is 296 g/mol. The molecule has 20 heavy (non-hydrogen) atoms. The molecule has 4 nitrogen and oxygen atoms in total. The highest BCUT2D eigenvalue weighted by Gasteiger charge is 2.19. The Morgan fingerprint density at radius 3 is 2.90 bits per heavy atom. The minimum absolute atomic E-state index is 0.265. The lowest BCUT2D eigenvalue weighted by molar-refractivity contribution is 0.174. The van der Waals surface area contributed by atoms with Crippen LogP contribution >= 0.6 is 11.6 Å². The van der Waals surface area contributed by atoms with Gasteiger partial charge in [-0.3, -0.25) is 0 Å². The number of benzene rings is 1. The first-order chi connectivity index (χ1) is 9.72. The van der Waals surface area contributed by atoms with Crippen molar-refractivity contribution >= 4 is 11.6 Å². The van der Waals surface area contributed by atoms with Crippen molar-refractivity contribution in [2.75, 3.05) is 33.5 Å². The van der Waals surface area contributed by atoms with E-state index in [0.29, 0.717) is 10.8 Å². The SMILES string of the molecule is CN1CCC(CNCc2cc(Cl)c3c(c2)OCO3)CC1. The number of piperidine rings is 1. The molecule has 1 N–H and O–H groups in total. The topological polar surface area (TPSA) is 33.7 Å². The van der Waals surface area contributed by atoms with Gasteiger partial charge in [-0.25, -0.2) is 0 Å². The molecule has 0 bridgehead atoms. The summed E-state index contributed by atoms with van der Waals surface area (Å²) in [6, 6.07) is 3.96. The fourth-order valence-corrected chi connectivity index (χ4v) is 3.10. The maximum atomic E-state index is 6.18. The number of hydrogen-bond donors (Lipinski definition) is 1. The average molecular weight is 297 g/mol. The predicted molar refractivity (Wildman–Crippen MR) is 79.5 cm³/mol. The van der Waals surface area contributed by atoms with Crippen LogP contribution in [0.4, 0.5) is 0 Å². The van der Waals surface area contributed by atoms with Gasteiger partial charge in [0.25, 0.3) is 0 Å². The maximum absolute atomic E-state index is 6.18. The molecule has 3 rings (SSSR count). The molecule has 1 aromatic rings. The minimum atomic E-state index is 0.265. The zero-order valence-corrected chi connectivity index (χ0v) is 12.6. The molecule has 1 fully saturated rings. The second kappa shape index (κ2) is 6.20. The van der Waals surface area contributed by atoms with E-state index in [1.54, 1.807) is 0 Å². The van der Waals surface area contributed by atoms with E-state index in [1.165, 1.54) is 25.9 Å². The highest BCUT2D eigenvalue weighted by atomic mass is 35.5. The Bertz CT molecular complexity index is 473. The van der Waals surface area contributed by atoms with Crippen molar-refractivity contribution in [1.29, 1.82) is 0 Å². The first kappa shape index (κ1) is 14.0. The number of ether oxygens (including phenoxy) is 2. The molecule has 0 spiro atoms. The summed E-state index contributed by atoms with van der Waals surface area (Å²) in [6.45, 7) is 4.58. The van der Waals surface area contributed by atoms with Crippen LogP contribution < -0.4 is 14.8 Å². The highest BCUT2D eigenvalue weighted by molar-refractivity contribution is 6.32. The van der Waals surface area contributed by atoms with Gasteiger partial charge in [-0.05, 0) is 63.1 Å². The third-order valence-corrected chi connectivity index (χ3v) is 4.37. The largest absolute Gasteiger partial charge is 0.454 e. The predicted octanol–water partition coefficient (Wildman–Crippen LogP) is 2.50. The van der Waals surface area contributed by atoms with Gasteiger partial charge in [0.05, 0.1) is 5.02 Å². The zero-order valence-electron chi connectivity index (χ0n) is 11.8. The Kier molecular flexibility index (Phi) is 4.34. The second-order valence-corrected chi connectivity index (χ2v) is 6.10. The summed E-state index contributed by atoms with van der Waals surface area (Å²) in [6.07, 6.45) is 2.57. The second-order valence-electron chi connectivity index (χ2n) is 5.69. The lowest BCUT2D eigenvalue weighted by Crippen LogP contribution is -2.34. The molecule has 110 valence electrons. The number of nitrogens with one attached hydrogen (secondary N) is 1. The molecular weight excluding hydrogens is 276 g/mol. The minimum Gasteiger partial charge on any atom is -0.454 e. The fourth-order valence-electron chi connectivity index (χ4n) is 2.81. The van der Waals surface area contributed by atoms with Crippen LogP contribution in [0.5, 0.6) is 11.5 Å². The Hall–Kier alpha value is -0.970. The Balaban J connectivity index is 1.50. The molecule has 0 unspecified atom stereocenters. The van der Waals surface area contributed by atoms with Crippen LogP contribution in [0.3, 0.4) is 0 Å². The summed E-state index contributed by atoms with van der Waals surface area (Å²) in [7, 11) is 2.19. The van der Waals surface area contributed by atoms with E-state index in [0.717, 1.165) is 30.3 Å². The van der Waals surface area contributed by atoms with Crippen LogP contribution in [0.1, 0.15) is 18.4 Å². The number of likely N-dealkylation sites (tertiary alicyclic amines) is 1.